The van der Waals surface area contributed by atoms with Crippen molar-refractivity contribution in [2.75, 3.05) is 0 Å². The molecular weight excluding hydrogens is 316 g/mol. The second kappa shape index (κ2) is 6.62. The van der Waals surface area contributed by atoms with Gasteiger partial charge in [-0.3, -0.25) is 4.79 Å². The van der Waals surface area contributed by atoms with Gasteiger partial charge in [0.05, 0.1) is 5.56 Å². The first-order chi connectivity index (χ1) is 11.1. The summed E-state index contributed by atoms with van der Waals surface area (Å²) in [5.41, 5.74) is 1.93. The van der Waals surface area contributed by atoms with Crippen LogP contribution in [0.25, 0.3) is 0 Å². The molecule has 2 aromatic carbocycles. The lowest BCUT2D eigenvalue weighted by Gasteiger charge is -2.11. The van der Waals surface area contributed by atoms with Gasteiger partial charge in [-0.2, -0.15) is 0 Å². The first-order valence-corrected chi connectivity index (χ1v) is 7.30. The zero-order chi connectivity index (χ0) is 16.2. The van der Waals surface area contributed by atoms with Crippen molar-refractivity contribution >= 4 is 17.4 Å². The maximum Gasteiger partial charge on any atom is 0.253 e. The van der Waals surface area contributed by atoms with Crippen LogP contribution < -0.4 is 4.74 Å². The van der Waals surface area contributed by atoms with Gasteiger partial charge in [-0.25, -0.2) is 0 Å². The molecule has 0 amide bonds. The van der Waals surface area contributed by atoms with Gasteiger partial charge in [0, 0.05) is 10.6 Å². The summed E-state index contributed by atoms with van der Waals surface area (Å²) in [4.78, 5) is 12.7. The van der Waals surface area contributed by atoms with Gasteiger partial charge in [0.2, 0.25) is 6.39 Å². The number of carbonyl (C=O) groups excluding carboxylic acids is 1. The molecule has 0 saturated carbocycles. The van der Waals surface area contributed by atoms with Crippen LogP contribution in [-0.2, 0) is 6.61 Å². The molecule has 0 bridgehead atoms. The van der Waals surface area contributed by atoms with Crippen LogP contribution in [0.3, 0.4) is 0 Å². The Labute approximate surface area is 137 Å². The average Bonchev–Trinajstić information content (AvgIpc) is 3.06. The van der Waals surface area contributed by atoms with Crippen LogP contribution in [0.15, 0.2) is 53.3 Å². The number of hydrogen-bond acceptors (Lipinski definition) is 5. The molecule has 6 heteroatoms. The Hall–Kier alpha value is -2.66. The van der Waals surface area contributed by atoms with Crippen LogP contribution in [0.5, 0.6) is 5.75 Å². The molecule has 5 nitrogen and oxygen atoms in total. The maximum atomic E-state index is 12.7. The predicted molar refractivity (Wildman–Crippen MR) is 84.7 cm³/mol. The minimum atomic E-state index is -0.156. The van der Waals surface area contributed by atoms with Gasteiger partial charge < -0.3 is 9.15 Å². The fourth-order valence-corrected chi connectivity index (χ4v) is 2.32. The smallest absolute Gasteiger partial charge is 0.253 e. The molecule has 1 heterocycles. The number of ether oxygens (including phenoxy) is 1. The second-order valence-electron chi connectivity index (χ2n) is 4.96. The van der Waals surface area contributed by atoms with E-state index in [1.165, 1.54) is 6.39 Å². The standard InChI is InChI=1S/C17H13ClN2O3/c1-11-5-6-15(22-9-16-20-19-10-23-16)14(7-11)17(21)12-3-2-4-13(18)8-12/h2-8,10H,9H2,1H3. The summed E-state index contributed by atoms with van der Waals surface area (Å²) in [6.45, 7) is 2.01. The number of hydrogen-bond donors (Lipinski definition) is 0. The Morgan fingerprint density at radius 3 is 2.87 bits per heavy atom. The largest absolute Gasteiger partial charge is 0.483 e. The van der Waals surface area contributed by atoms with E-state index >= 15 is 0 Å². The predicted octanol–water partition coefficient (Wildman–Crippen LogP) is 3.84. The Balaban J connectivity index is 1.90. The molecule has 0 N–H and O–H groups in total. The Morgan fingerprint density at radius 2 is 2.13 bits per heavy atom. The third kappa shape index (κ3) is 3.57. The second-order valence-corrected chi connectivity index (χ2v) is 5.40. The zero-order valence-corrected chi connectivity index (χ0v) is 13.1. The third-order valence-corrected chi connectivity index (χ3v) is 3.46. The van der Waals surface area contributed by atoms with Crippen LogP contribution in [0.1, 0.15) is 27.4 Å². The van der Waals surface area contributed by atoms with E-state index in [0.717, 1.165) is 5.56 Å². The molecule has 0 spiro atoms. The minimum Gasteiger partial charge on any atom is -0.483 e. The topological polar surface area (TPSA) is 65.2 Å². The van der Waals surface area contributed by atoms with Crippen molar-refractivity contribution in [3.63, 3.8) is 0 Å². The molecule has 0 unspecified atom stereocenters. The van der Waals surface area contributed by atoms with Gasteiger partial charge in [-0.15, -0.1) is 10.2 Å². The number of aromatic nitrogens is 2. The van der Waals surface area contributed by atoms with Gasteiger partial charge in [0.1, 0.15) is 5.75 Å². The number of rotatable bonds is 5. The highest BCUT2D eigenvalue weighted by atomic mass is 35.5. The van der Waals surface area contributed by atoms with E-state index in [1.807, 2.05) is 13.0 Å². The van der Waals surface area contributed by atoms with E-state index in [1.54, 1.807) is 36.4 Å². The Morgan fingerprint density at radius 1 is 1.26 bits per heavy atom. The number of nitrogens with zero attached hydrogens (tertiary/aromatic N) is 2. The molecule has 0 fully saturated rings. The van der Waals surface area contributed by atoms with Crippen LogP contribution in [0, 0.1) is 6.92 Å². The lowest BCUT2D eigenvalue weighted by atomic mass is 10.0. The van der Waals surface area contributed by atoms with Crippen molar-refractivity contribution in [2.24, 2.45) is 0 Å². The minimum absolute atomic E-state index is 0.0961. The van der Waals surface area contributed by atoms with E-state index in [9.17, 15) is 4.79 Å². The van der Waals surface area contributed by atoms with Crippen LogP contribution >= 0.6 is 11.6 Å². The molecule has 0 atom stereocenters. The monoisotopic (exact) mass is 328 g/mol. The zero-order valence-electron chi connectivity index (χ0n) is 12.3. The molecule has 23 heavy (non-hydrogen) atoms. The number of carbonyl (C=O) groups is 1. The summed E-state index contributed by atoms with van der Waals surface area (Å²) in [5, 5.41) is 7.85. The first-order valence-electron chi connectivity index (χ1n) is 6.92. The summed E-state index contributed by atoms with van der Waals surface area (Å²) in [5.74, 6) is 0.641. The fraction of sp³-hybridized carbons (Fsp3) is 0.118. The summed E-state index contributed by atoms with van der Waals surface area (Å²) in [6, 6.07) is 12.2. The van der Waals surface area contributed by atoms with Crippen LogP contribution in [0.4, 0.5) is 0 Å². The van der Waals surface area contributed by atoms with Crippen molar-refractivity contribution in [1.82, 2.24) is 10.2 Å². The SMILES string of the molecule is Cc1ccc(OCc2nnco2)c(C(=O)c2cccc(Cl)c2)c1. The average molecular weight is 329 g/mol. The summed E-state index contributed by atoms with van der Waals surface area (Å²) in [6.07, 6.45) is 1.23. The fourth-order valence-electron chi connectivity index (χ4n) is 2.13. The lowest BCUT2D eigenvalue weighted by molar-refractivity contribution is 0.103. The van der Waals surface area contributed by atoms with Crippen LogP contribution in [-0.4, -0.2) is 16.0 Å². The van der Waals surface area contributed by atoms with Crippen molar-refractivity contribution < 1.29 is 13.9 Å². The quantitative estimate of drug-likeness (QED) is 0.666. The molecule has 116 valence electrons. The molecule has 0 aliphatic carbocycles. The maximum absolute atomic E-state index is 12.7. The van der Waals surface area contributed by atoms with Gasteiger partial charge in [0.25, 0.3) is 5.89 Å². The van der Waals surface area contributed by atoms with Gasteiger partial charge in [-0.05, 0) is 31.2 Å². The molecule has 0 radical (unpaired) electrons. The summed E-state index contributed by atoms with van der Waals surface area (Å²) in [7, 11) is 0. The van der Waals surface area contributed by atoms with Crippen molar-refractivity contribution in [1.29, 1.82) is 0 Å². The van der Waals surface area contributed by atoms with Crippen molar-refractivity contribution in [3.8, 4) is 5.75 Å². The van der Waals surface area contributed by atoms with Gasteiger partial charge >= 0.3 is 0 Å². The molecule has 0 saturated heterocycles. The molecule has 1 aromatic heterocycles. The van der Waals surface area contributed by atoms with E-state index in [0.29, 0.717) is 27.8 Å². The van der Waals surface area contributed by atoms with Crippen LogP contribution in [0.2, 0.25) is 5.02 Å². The summed E-state index contributed by atoms with van der Waals surface area (Å²) >= 11 is 5.97. The molecule has 0 aliphatic rings. The number of halogens is 1. The highest BCUT2D eigenvalue weighted by Gasteiger charge is 2.16. The number of ketones is 1. The molecule has 0 aliphatic heterocycles. The summed E-state index contributed by atoms with van der Waals surface area (Å²) < 4.78 is 10.7. The van der Waals surface area contributed by atoms with E-state index in [2.05, 4.69) is 10.2 Å². The van der Waals surface area contributed by atoms with Gasteiger partial charge in [-0.1, -0.05) is 35.4 Å². The number of benzene rings is 2. The Bertz CT molecular complexity index is 832. The lowest BCUT2D eigenvalue weighted by Crippen LogP contribution is -2.06. The van der Waals surface area contributed by atoms with Crippen molar-refractivity contribution in [2.45, 2.75) is 13.5 Å². The third-order valence-electron chi connectivity index (χ3n) is 3.22. The van der Waals surface area contributed by atoms with E-state index in [-0.39, 0.29) is 12.4 Å². The Kier molecular flexibility index (Phi) is 4.39. The normalized spacial score (nSPS) is 10.5. The van der Waals surface area contributed by atoms with Crippen molar-refractivity contribution in [3.05, 3.63) is 76.5 Å². The first kappa shape index (κ1) is 15.2. The van der Waals surface area contributed by atoms with E-state index < -0.39 is 0 Å². The molecular formula is C17H13ClN2O3. The highest BCUT2D eigenvalue weighted by Crippen LogP contribution is 2.25. The van der Waals surface area contributed by atoms with Gasteiger partial charge in [0.15, 0.2) is 12.4 Å². The van der Waals surface area contributed by atoms with E-state index in [4.69, 9.17) is 20.8 Å². The number of aryl methyl sites for hydroxylation is 1. The molecule has 3 rings (SSSR count). The molecule has 3 aromatic rings. The highest BCUT2D eigenvalue weighted by molar-refractivity contribution is 6.31.